The van der Waals surface area contributed by atoms with Gasteiger partial charge in [0.15, 0.2) is 0 Å². The summed E-state index contributed by atoms with van der Waals surface area (Å²) >= 11 is 6.93. The Morgan fingerprint density at radius 2 is 1.76 bits per heavy atom. The van der Waals surface area contributed by atoms with Crippen molar-refractivity contribution in [1.29, 1.82) is 5.26 Å². The van der Waals surface area contributed by atoms with Crippen molar-refractivity contribution in [3.05, 3.63) is 101 Å². The maximum atomic E-state index is 12.7. The maximum Gasteiger partial charge on any atom is 0.269 e. The molecule has 7 nitrogen and oxygen atoms in total. The zero-order valence-electron chi connectivity index (χ0n) is 18.3. The summed E-state index contributed by atoms with van der Waals surface area (Å²) in [5.41, 5.74) is 3.99. The molecule has 9 heteroatoms. The van der Waals surface area contributed by atoms with Crippen LogP contribution in [0.15, 0.2) is 69.1 Å². The van der Waals surface area contributed by atoms with E-state index in [2.05, 4.69) is 37.2 Å². The topological polar surface area (TPSA) is 105 Å². The highest BCUT2D eigenvalue weighted by molar-refractivity contribution is 9.11. The van der Waals surface area contributed by atoms with Crippen molar-refractivity contribution < 1.29 is 14.5 Å². The van der Waals surface area contributed by atoms with Crippen molar-refractivity contribution in [2.24, 2.45) is 0 Å². The highest BCUT2D eigenvalue weighted by Crippen LogP contribution is 2.36. The zero-order chi connectivity index (χ0) is 24.8. The summed E-state index contributed by atoms with van der Waals surface area (Å²) in [5, 5.41) is 23.1. The Hall–Kier alpha value is -3.48. The molecule has 0 saturated carbocycles. The number of aryl methyl sites for hydroxylation is 2. The van der Waals surface area contributed by atoms with Crippen molar-refractivity contribution >= 4 is 55.2 Å². The highest BCUT2D eigenvalue weighted by atomic mass is 79.9. The first-order chi connectivity index (χ1) is 16.2. The van der Waals surface area contributed by atoms with Crippen LogP contribution in [0.25, 0.3) is 6.08 Å². The number of benzene rings is 3. The van der Waals surface area contributed by atoms with Crippen molar-refractivity contribution in [1.82, 2.24) is 0 Å². The van der Waals surface area contributed by atoms with E-state index in [0.717, 1.165) is 16.7 Å². The highest BCUT2D eigenvalue weighted by Gasteiger charge is 2.14. The Labute approximate surface area is 213 Å². The van der Waals surface area contributed by atoms with Gasteiger partial charge in [-0.2, -0.15) is 5.26 Å². The quantitative estimate of drug-likeness (QED) is 0.141. The van der Waals surface area contributed by atoms with E-state index in [9.17, 15) is 20.2 Å². The molecular formula is C25H19Br2N3O4. The second-order valence-electron chi connectivity index (χ2n) is 7.47. The Balaban J connectivity index is 1.76. The number of carbonyl (C=O) groups is 1. The first-order valence-corrected chi connectivity index (χ1v) is 11.6. The van der Waals surface area contributed by atoms with Crippen LogP contribution in [-0.4, -0.2) is 10.8 Å². The van der Waals surface area contributed by atoms with Gasteiger partial charge in [0.25, 0.3) is 11.6 Å². The summed E-state index contributed by atoms with van der Waals surface area (Å²) in [6, 6.07) is 17.2. The third kappa shape index (κ3) is 6.31. The number of non-ortho nitro benzene ring substituents is 1. The fourth-order valence-electron chi connectivity index (χ4n) is 3.13. The predicted octanol–water partition coefficient (Wildman–Crippen LogP) is 6.86. The molecule has 1 N–H and O–H groups in total. The number of hydrogen-bond acceptors (Lipinski definition) is 5. The molecule has 3 aromatic carbocycles. The van der Waals surface area contributed by atoms with E-state index in [0.29, 0.717) is 25.9 Å². The number of rotatable bonds is 7. The molecule has 0 aliphatic heterocycles. The van der Waals surface area contributed by atoms with Crippen molar-refractivity contribution in [2.75, 3.05) is 5.32 Å². The molecule has 0 saturated heterocycles. The van der Waals surface area contributed by atoms with Gasteiger partial charge in [0.05, 0.1) is 13.9 Å². The molecule has 0 aromatic heterocycles. The molecule has 0 bridgehead atoms. The van der Waals surface area contributed by atoms with Crippen LogP contribution in [0.1, 0.15) is 22.3 Å². The van der Waals surface area contributed by atoms with Crippen LogP contribution in [0.4, 0.5) is 11.4 Å². The van der Waals surface area contributed by atoms with Crippen LogP contribution in [0.2, 0.25) is 0 Å². The van der Waals surface area contributed by atoms with Gasteiger partial charge in [-0.15, -0.1) is 0 Å². The Bertz CT molecular complexity index is 1310. The molecule has 0 radical (unpaired) electrons. The second-order valence-corrected chi connectivity index (χ2v) is 9.18. The molecule has 1 amide bonds. The first-order valence-electron chi connectivity index (χ1n) is 10.0. The largest absolute Gasteiger partial charge is 0.487 e. The van der Waals surface area contributed by atoms with Gasteiger partial charge in [-0.05, 0) is 98.8 Å². The number of amides is 1. The molecule has 0 unspecified atom stereocenters. The number of nitrogens with zero attached hydrogens (tertiary/aromatic N) is 2. The lowest BCUT2D eigenvalue weighted by Crippen LogP contribution is -2.14. The lowest BCUT2D eigenvalue weighted by atomic mass is 10.1. The van der Waals surface area contributed by atoms with Crippen molar-refractivity contribution in [2.45, 2.75) is 20.5 Å². The van der Waals surface area contributed by atoms with E-state index in [1.165, 1.54) is 18.2 Å². The summed E-state index contributed by atoms with van der Waals surface area (Å²) < 4.78 is 7.09. The standard InChI is InChI=1S/C25H19Br2N3O4/c1-15-3-8-23(16(2)9-15)29-25(31)19(13-28)10-18-11-21(26)24(22(27)12-18)34-14-17-4-6-20(7-5-17)30(32)33/h3-12H,14H2,1-2H3,(H,29,31)/b19-10+. The van der Waals surface area contributed by atoms with E-state index < -0.39 is 10.8 Å². The summed E-state index contributed by atoms with van der Waals surface area (Å²) in [5.74, 6) is 0.0222. The number of nitro benzene ring substituents is 1. The predicted molar refractivity (Wildman–Crippen MR) is 137 cm³/mol. The van der Waals surface area contributed by atoms with Gasteiger partial charge in [0.2, 0.25) is 0 Å². The van der Waals surface area contributed by atoms with Crippen molar-refractivity contribution in [3.8, 4) is 11.8 Å². The van der Waals surface area contributed by atoms with Gasteiger partial charge in [0, 0.05) is 17.8 Å². The third-order valence-corrected chi connectivity index (χ3v) is 6.04. The number of anilines is 1. The first kappa shape index (κ1) is 25.1. The van der Waals surface area contributed by atoms with Gasteiger partial charge >= 0.3 is 0 Å². The molecule has 0 aliphatic carbocycles. The molecule has 34 heavy (non-hydrogen) atoms. The Morgan fingerprint density at radius 3 is 2.32 bits per heavy atom. The zero-order valence-corrected chi connectivity index (χ0v) is 21.4. The van der Waals surface area contributed by atoms with Crippen LogP contribution in [0.3, 0.4) is 0 Å². The summed E-state index contributed by atoms with van der Waals surface area (Å²) in [7, 11) is 0. The lowest BCUT2D eigenvalue weighted by Gasteiger charge is -2.12. The molecule has 3 rings (SSSR count). The maximum absolute atomic E-state index is 12.7. The third-order valence-electron chi connectivity index (χ3n) is 4.86. The average molecular weight is 585 g/mol. The molecule has 0 atom stereocenters. The van der Waals surface area contributed by atoms with Gasteiger partial charge in [0.1, 0.15) is 24.0 Å². The lowest BCUT2D eigenvalue weighted by molar-refractivity contribution is -0.384. The smallest absolute Gasteiger partial charge is 0.269 e. The molecule has 0 fully saturated rings. The molecule has 3 aromatic rings. The molecule has 0 aliphatic rings. The van der Waals surface area contributed by atoms with Crippen LogP contribution < -0.4 is 10.1 Å². The van der Waals surface area contributed by atoms with Gasteiger partial charge in [-0.25, -0.2) is 0 Å². The molecule has 172 valence electrons. The Morgan fingerprint density at radius 1 is 1.12 bits per heavy atom. The fourth-order valence-corrected chi connectivity index (χ4v) is 4.58. The number of nitro groups is 1. The van der Waals surface area contributed by atoms with Crippen LogP contribution in [0, 0.1) is 35.3 Å². The number of carbonyl (C=O) groups excluding carboxylic acids is 1. The van der Waals surface area contributed by atoms with Crippen molar-refractivity contribution in [3.63, 3.8) is 0 Å². The second kappa shape index (κ2) is 11.1. The fraction of sp³-hybridized carbons (Fsp3) is 0.120. The average Bonchev–Trinajstić information content (AvgIpc) is 2.79. The number of nitriles is 1. The minimum atomic E-state index is -0.500. The van der Waals surface area contributed by atoms with Crippen LogP contribution >= 0.6 is 31.9 Å². The summed E-state index contributed by atoms with van der Waals surface area (Å²) in [4.78, 5) is 23.0. The van der Waals surface area contributed by atoms with Gasteiger partial charge in [-0.1, -0.05) is 17.7 Å². The van der Waals surface area contributed by atoms with E-state index >= 15 is 0 Å². The van der Waals surface area contributed by atoms with E-state index in [-0.39, 0.29) is 17.9 Å². The van der Waals surface area contributed by atoms with E-state index in [1.807, 2.05) is 38.1 Å². The number of ether oxygens (including phenoxy) is 1. The van der Waals surface area contributed by atoms with Crippen LogP contribution in [-0.2, 0) is 11.4 Å². The molecule has 0 heterocycles. The minimum absolute atomic E-state index is 0.0112. The van der Waals surface area contributed by atoms with Crippen LogP contribution in [0.5, 0.6) is 5.75 Å². The number of hydrogen-bond donors (Lipinski definition) is 1. The van der Waals surface area contributed by atoms with Gasteiger partial charge < -0.3 is 10.1 Å². The van der Waals surface area contributed by atoms with E-state index in [1.54, 1.807) is 24.3 Å². The summed E-state index contributed by atoms with van der Waals surface area (Å²) in [6.45, 7) is 4.06. The Kier molecular flexibility index (Phi) is 8.21. The number of halogens is 2. The normalized spacial score (nSPS) is 11.0. The van der Waals surface area contributed by atoms with Gasteiger partial charge in [-0.3, -0.25) is 14.9 Å². The summed E-state index contributed by atoms with van der Waals surface area (Å²) in [6.07, 6.45) is 1.49. The minimum Gasteiger partial charge on any atom is -0.487 e. The number of nitrogens with one attached hydrogen (secondary N) is 1. The SMILES string of the molecule is Cc1ccc(NC(=O)/C(C#N)=C/c2cc(Br)c(OCc3ccc([N+](=O)[O-])cc3)c(Br)c2)c(C)c1. The molecule has 0 spiro atoms. The monoisotopic (exact) mass is 583 g/mol. The molecular weight excluding hydrogens is 566 g/mol. The van der Waals surface area contributed by atoms with E-state index in [4.69, 9.17) is 4.74 Å².